The minimum atomic E-state index is -1.03. The molecule has 1 unspecified atom stereocenters. The molecule has 28 heavy (non-hydrogen) atoms. The summed E-state index contributed by atoms with van der Waals surface area (Å²) >= 11 is 1.18. The van der Waals surface area contributed by atoms with Crippen LogP contribution in [0.25, 0.3) is 10.1 Å². The summed E-state index contributed by atoms with van der Waals surface area (Å²) in [5.41, 5.74) is 0.628. The van der Waals surface area contributed by atoms with Gasteiger partial charge in [-0.05, 0) is 48.7 Å². The Morgan fingerprint density at radius 3 is 2.68 bits per heavy atom. The highest BCUT2D eigenvalue weighted by Gasteiger charge is 2.26. The normalized spacial score (nSPS) is 11.6. The molecule has 3 aromatic rings. The number of nitriles is 1. The second kappa shape index (κ2) is 8.63. The third-order valence-electron chi connectivity index (χ3n) is 4.09. The molecule has 1 amide bonds. The van der Waals surface area contributed by atoms with Gasteiger partial charge in [-0.1, -0.05) is 18.2 Å². The number of thiophene rings is 1. The lowest BCUT2D eigenvalue weighted by atomic mass is 10.2. The average Bonchev–Trinajstić information content (AvgIpc) is 3.12. The van der Waals surface area contributed by atoms with Crippen molar-refractivity contribution in [1.82, 2.24) is 0 Å². The molecule has 0 radical (unpaired) electrons. The molecule has 0 bridgehead atoms. The largest absolute Gasteiger partial charge is 0.448 e. The van der Waals surface area contributed by atoms with Gasteiger partial charge in [0, 0.05) is 16.9 Å². The lowest BCUT2D eigenvalue weighted by Gasteiger charge is -2.25. The van der Waals surface area contributed by atoms with Gasteiger partial charge in [0.25, 0.3) is 5.91 Å². The van der Waals surface area contributed by atoms with Crippen LogP contribution in [0.1, 0.15) is 23.0 Å². The van der Waals surface area contributed by atoms with Crippen LogP contribution in [0.4, 0.5) is 10.1 Å². The van der Waals surface area contributed by atoms with Crippen LogP contribution in [0.5, 0.6) is 0 Å². The van der Waals surface area contributed by atoms with Crippen molar-refractivity contribution in [2.45, 2.75) is 19.4 Å². The van der Waals surface area contributed by atoms with Crippen molar-refractivity contribution >= 4 is 39.0 Å². The van der Waals surface area contributed by atoms with E-state index in [1.807, 2.05) is 12.1 Å². The first-order valence-electron chi connectivity index (χ1n) is 8.63. The zero-order chi connectivity index (χ0) is 20.1. The van der Waals surface area contributed by atoms with Gasteiger partial charge in [0.2, 0.25) is 0 Å². The van der Waals surface area contributed by atoms with E-state index in [2.05, 4.69) is 0 Å². The van der Waals surface area contributed by atoms with Crippen molar-refractivity contribution < 1.29 is 18.7 Å². The zero-order valence-corrected chi connectivity index (χ0v) is 15.9. The number of carbonyl (C=O) groups is 2. The molecule has 0 saturated heterocycles. The van der Waals surface area contributed by atoms with Gasteiger partial charge < -0.3 is 9.64 Å². The predicted octanol–water partition coefficient (Wildman–Crippen LogP) is 4.53. The number of rotatable bonds is 6. The van der Waals surface area contributed by atoms with Crippen molar-refractivity contribution in [1.29, 1.82) is 5.26 Å². The number of fused-ring (bicyclic) bond motifs is 1. The summed E-state index contributed by atoms with van der Waals surface area (Å²) in [5.74, 6) is -1.44. The molecule has 0 aliphatic heterocycles. The highest BCUT2D eigenvalue weighted by atomic mass is 32.1. The Kier molecular flexibility index (Phi) is 6.02. The van der Waals surface area contributed by atoms with Crippen LogP contribution in [0.15, 0.2) is 54.6 Å². The monoisotopic (exact) mass is 396 g/mol. The minimum Gasteiger partial charge on any atom is -0.448 e. The van der Waals surface area contributed by atoms with E-state index in [0.29, 0.717) is 16.0 Å². The first-order valence-corrected chi connectivity index (χ1v) is 9.44. The Bertz CT molecular complexity index is 1040. The van der Waals surface area contributed by atoms with E-state index in [-0.39, 0.29) is 18.8 Å². The van der Waals surface area contributed by atoms with Crippen LogP contribution in [0, 0.1) is 17.1 Å². The summed E-state index contributed by atoms with van der Waals surface area (Å²) < 4.78 is 19.4. The number of amides is 1. The molecule has 5 nitrogen and oxygen atoms in total. The van der Waals surface area contributed by atoms with Crippen LogP contribution < -0.4 is 4.90 Å². The van der Waals surface area contributed by atoms with E-state index in [0.717, 1.165) is 4.70 Å². The number of nitrogens with zero attached hydrogens (tertiary/aromatic N) is 2. The van der Waals surface area contributed by atoms with Crippen molar-refractivity contribution in [3.05, 3.63) is 65.3 Å². The summed E-state index contributed by atoms with van der Waals surface area (Å²) in [6, 6.07) is 16.7. The SMILES string of the molecule is CC(OC(=O)c1cc2cc(F)ccc2s1)C(=O)N(CCC#N)c1ccccc1. The van der Waals surface area contributed by atoms with Gasteiger partial charge in [0.15, 0.2) is 6.10 Å². The summed E-state index contributed by atoms with van der Waals surface area (Å²) in [6.45, 7) is 1.69. The molecule has 142 valence electrons. The number of esters is 1. The third kappa shape index (κ3) is 4.35. The van der Waals surface area contributed by atoms with E-state index in [1.165, 1.54) is 35.3 Å². The lowest BCUT2D eigenvalue weighted by molar-refractivity contribution is -0.126. The Morgan fingerprint density at radius 1 is 1.21 bits per heavy atom. The molecule has 0 N–H and O–H groups in total. The van der Waals surface area contributed by atoms with Crippen LogP contribution in [-0.4, -0.2) is 24.5 Å². The van der Waals surface area contributed by atoms with E-state index in [4.69, 9.17) is 10.00 Å². The summed E-state index contributed by atoms with van der Waals surface area (Å²) in [6.07, 6.45) is -0.878. The quantitative estimate of drug-likeness (QED) is 0.574. The van der Waals surface area contributed by atoms with Crippen molar-refractivity contribution in [2.24, 2.45) is 0 Å². The average molecular weight is 396 g/mol. The van der Waals surface area contributed by atoms with E-state index < -0.39 is 18.0 Å². The second-order valence-corrected chi connectivity index (χ2v) is 7.16. The molecule has 1 heterocycles. The summed E-state index contributed by atoms with van der Waals surface area (Å²) in [4.78, 5) is 27.0. The Morgan fingerprint density at radius 2 is 1.96 bits per heavy atom. The number of ether oxygens (including phenoxy) is 1. The molecule has 1 atom stereocenters. The Labute approximate surface area is 165 Å². The zero-order valence-electron chi connectivity index (χ0n) is 15.1. The molecule has 0 spiro atoms. The molecule has 1 aromatic heterocycles. The smallest absolute Gasteiger partial charge is 0.349 e. The maximum atomic E-state index is 13.3. The third-order valence-corrected chi connectivity index (χ3v) is 5.19. The van der Waals surface area contributed by atoms with Crippen LogP contribution in [0.3, 0.4) is 0 Å². The fourth-order valence-electron chi connectivity index (χ4n) is 2.74. The first-order chi connectivity index (χ1) is 13.5. The highest BCUT2D eigenvalue weighted by Crippen LogP contribution is 2.27. The van der Waals surface area contributed by atoms with Gasteiger partial charge in [0.05, 0.1) is 12.5 Å². The number of hydrogen-bond donors (Lipinski definition) is 0. The lowest BCUT2D eigenvalue weighted by Crippen LogP contribution is -2.40. The Hall–Kier alpha value is -3.24. The second-order valence-electron chi connectivity index (χ2n) is 6.07. The van der Waals surface area contributed by atoms with Crippen LogP contribution in [-0.2, 0) is 9.53 Å². The minimum absolute atomic E-state index is 0.156. The van der Waals surface area contributed by atoms with Gasteiger partial charge in [-0.2, -0.15) is 5.26 Å². The summed E-state index contributed by atoms with van der Waals surface area (Å²) in [7, 11) is 0. The van der Waals surface area contributed by atoms with E-state index in [1.54, 1.807) is 36.4 Å². The number of halogens is 1. The summed E-state index contributed by atoms with van der Waals surface area (Å²) in [5, 5.41) is 9.47. The van der Waals surface area contributed by atoms with Gasteiger partial charge >= 0.3 is 5.97 Å². The van der Waals surface area contributed by atoms with Gasteiger partial charge in [-0.15, -0.1) is 11.3 Å². The maximum absolute atomic E-state index is 13.3. The molecule has 7 heteroatoms. The number of carbonyl (C=O) groups excluding carboxylic acids is 2. The van der Waals surface area contributed by atoms with E-state index in [9.17, 15) is 14.0 Å². The van der Waals surface area contributed by atoms with Crippen molar-refractivity contribution in [3.63, 3.8) is 0 Å². The van der Waals surface area contributed by atoms with Crippen molar-refractivity contribution in [2.75, 3.05) is 11.4 Å². The molecule has 0 fully saturated rings. The fourth-order valence-corrected chi connectivity index (χ4v) is 3.67. The van der Waals surface area contributed by atoms with Gasteiger partial charge in [0.1, 0.15) is 10.7 Å². The molecule has 0 aliphatic rings. The molecule has 0 saturated carbocycles. The first kappa shape index (κ1) is 19.5. The molecular formula is C21H17FN2O3S. The molecule has 3 rings (SSSR count). The number of hydrogen-bond acceptors (Lipinski definition) is 5. The highest BCUT2D eigenvalue weighted by molar-refractivity contribution is 7.20. The standard InChI is InChI=1S/C21H17FN2O3S/c1-14(20(25)24(11-5-10-23)17-6-3-2-4-7-17)27-21(26)19-13-15-12-16(22)8-9-18(15)28-19/h2-4,6-9,12-14H,5,11H2,1H3. The predicted molar refractivity (Wildman–Crippen MR) is 106 cm³/mol. The van der Waals surface area contributed by atoms with Crippen molar-refractivity contribution in [3.8, 4) is 6.07 Å². The number of para-hydroxylation sites is 1. The number of benzene rings is 2. The topological polar surface area (TPSA) is 70.4 Å². The van der Waals surface area contributed by atoms with Crippen LogP contribution >= 0.6 is 11.3 Å². The molecule has 0 aliphatic carbocycles. The van der Waals surface area contributed by atoms with Crippen LogP contribution in [0.2, 0.25) is 0 Å². The maximum Gasteiger partial charge on any atom is 0.349 e. The number of anilines is 1. The van der Waals surface area contributed by atoms with Gasteiger partial charge in [-0.3, -0.25) is 4.79 Å². The van der Waals surface area contributed by atoms with Gasteiger partial charge in [-0.25, -0.2) is 9.18 Å². The molecule has 2 aromatic carbocycles. The van der Waals surface area contributed by atoms with E-state index >= 15 is 0 Å². The Balaban J connectivity index is 1.75. The fraction of sp³-hybridized carbons (Fsp3) is 0.190. The molecular weight excluding hydrogens is 379 g/mol.